The number of carbonyl (C=O) groups is 1. The van der Waals surface area contributed by atoms with Crippen LogP contribution in [0.5, 0.6) is 5.88 Å². The maximum absolute atomic E-state index is 12.7. The first-order valence-corrected chi connectivity index (χ1v) is 11.0. The van der Waals surface area contributed by atoms with Crippen molar-refractivity contribution in [3.8, 4) is 5.88 Å². The molecule has 2 heterocycles. The van der Waals surface area contributed by atoms with Gasteiger partial charge < -0.3 is 10.1 Å². The standard InChI is InChI=1S/C21H28N4O2S/c1-13(2)19-24-14(3)18(21(25-19)28-4)20(26)23-12-15-9-10-17(22-11-15)27-16-7-5-6-8-16/h9-11,13,16H,5-8,12H2,1-4H3,(H,23,26). The van der Waals surface area contributed by atoms with Crippen LogP contribution in [0.4, 0.5) is 0 Å². The van der Waals surface area contributed by atoms with Gasteiger partial charge in [-0.15, -0.1) is 11.8 Å². The number of amides is 1. The van der Waals surface area contributed by atoms with Crippen molar-refractivity contribution in [1.29, 1.82) is 0 Å². The summed E-state index contributed by atoms with van der Waals surface area (Å²) in [5, 5.41) is 3.67. The monoisotopic (exact) mass is 400 g/mol. The molecule has 0 spiro atoms. The number of aryl methyl sites for hydroxylation is 1. The van der Waals surface area contributed by atoms with Crippen molar-refractivity contribution >= 4 is 17.7 Å². The van der Waals surface area contributed by atoms with Gasteiger partial charge in [-0.05, 0) is 44.4 Å². The smallest absolute Gasteiger partial charge is 0.256 e. The molecule has 1 saturated carbocycles. The van der Waals surface area contributed by atoms with Crippen LogP contribution in [0.1, 0.15) is 72.9 Å². The third kappa shape index (κ3) is 5.01. The van der Waals surface area contributed by atoms with Gasteiger partial charge in [-0.25, -0.2) is 15.0 Å². The maximum Gasteiger partial charge on any atom is 0.256 e. The molecule has 0 saturated heterocycles. The number of nitrogens with one attached hydrogen (secondary N) is 1. The number of ether oxygens (including phenoxy) is 1. The number of aromatic nitrogens is 3. The van der Waals surface area contributed by atoms with Crippen LogP contribution in [-0.2, 0) is 6.54 Å². The number of hydrogen-bond acceptors (Lipinski definition) is 6. The van der Waals surface area contributed by atoms with E-state index in [1.54, 1.807) is 6.20 Å². The molecular formula is C21H28N4O2S. The Hall–Kier alpha value is -2.15. The van der Waals surface area contributed by atoms with E-state index in [-0.39, 0.29) is 11.8 Å². The van der Waals surface area contributed by atoms with Gasteiger partial charge in [-0.3, -0.25) is 4.79 Å². The largest absolute Gasteiger partial charge is 0.474 e. The molecule has 6 nitrogen and oxygen atoms in total. The van der Waals surface area contributed by atoms with Crippen LogP contribution < -0.4 is 10.1 Å². The Morgan fingerprint density at radius 3 is 2.64 bits per heavy atom. The van der Waals surface area contributed by atoms with Gasteiger partial charge in [0.05, 0.1) is 11.3 Å². The zero-order valence-electron chi connectivity index (χ0n) is 17.0. The summed E-state index contributed by atoms with van der Waals surface area (Å²) in [6.07, 6.45) is 8.64. The lowest BCUT2D eigenvalue weighted by Crippen LogP contribution is -2.25. The molecule has 0 bridgehead atoms. The molecule has 1 amide bonds. The fourth-order valence-corrected chi connectivity index (χ4v) is 3.90. The summed E-state index contributed by atoms with van der Waals surface area (Å²) < 4.78 is 5.88. The van der Waals surface area contributed by atoms with Gasteiger partial charge in [0, 0.05) is 24.7 Å². The molecule has 2 aromatic rings. The van der Waals surface area contributed by atoms with Crippen molar-refractivity contribution in [3.63, 3.8) is 0 Å². The summed E-state index contributed by atoms with van der Waals surface area (Å²) in [7, 11) is 0. The van der Waals surface area contributed by atoms with Crippen LogP contribution in [0.25, 0.3) is 0 Å². The average Bonchev–Trinajstić information content (AvgIpc) is 3.19. The van der Waals surface area contributed by atoms with E-state index in [0.29, 0.717) is 34.8 Å². The first-order chi connectivity index (χ1) is 13.5. The Morgan fingerprint density at radius 2 is 2.04 bits per heavy atom. The molecule has 1 N–H and O–H groups in total. The SMILES string of the molecule is CSc1nc(C(C)C)nc(C)c1C(=O)NCc1ccc(OC2CCCC2)nc1. The van der Waals surface area contributed by atoms with Gasteiger partial charge in [0.1, 0.15) is 17.0 Å². The van der Waals surface area contributed by atoms with Crippen molar-refractivity contribution in [2.45, 2.75) is 70.0 Å². The predicted octanol–water partition coefficient (Wildman–Crippen LogP) is 4.28. The summed E-state index contributed by atoms with van der Waals surface area (Å²) in [5.41, 5.74) is 2.18. The second kappa shape index (κ2) is 9.37. The normalized spacial score (nSPS) is 14.5. The second-order valence-electron chi connectivity index (χ2n) is 7.42. The lowest BCUT2D eigenvalue weighted by atomic mass is 10.1. The number of pyridine rings is 1. The summed E-state index contributed by atoms with van der Waals surface area (Å²) in [6.45, 7) is 6.35. The van der Waals surface area contributed by atoms with Crippen LogP contribution in [-0.4, -0.2) is 33.2 Å². The molecule has 7 heteroatoms. The quantitative estimate of drug-likeness (QED) is 0.552. The third-order valence-corrected chi connectivity index (χ3v) is 5.53. The van der Waals surface area contributed by atoms with Gasteiger partial charge in [0.15, 0.2) is 0 Å². The van der Waals surface area contributed by atoms with E-state index in [1.807, 2.05) is 39.2 Å². The zero-order valence-corrected chi connectivity index (χ0v) is 17.8. The van der Waals surface area contributed by atoms with Crippen LogP contribution >= 0.6 is 11.8 Å². The Labute approximate surface area is 170 Å². The van der Waals surface area contributed by atoms with Gasteiger partial charge in [-0.1, -0.05) is 19.9 Å². The maximum atomic E-state index is 12.7. The Morgan fingerprint density at radius 1 is 1.29 bits per heavy atom. The van der Waals surface area contributed by atoms with E-state index >= 15 is 0 Å². The van der Waals surface area contributed by atoms with Gasteiger partial charge in [0.25, 0.3) is 5.91 Å². The minimum atomic E-state index is -0.163. The topological polar surface area (TPSA) is 77.0 Å². The average molecular weight is 401 g/mol. The summed E-state index contributed by atoms with van der Waals surface area (Å²) in [6, 6.07) is 3.82. The molecule has 1 aliphatic carbocycles. The van der Waals surface area contributed by atoms with Crippen molar-refractivity contribution in [2.24, 2.45) is 0 Å². The van der Waals surface area contributed by atoms with Crippen LogP contribution in [0.15, 0.2) is 23.4 Å². The second-order valence-corrected chi connectivity index (χ2v) is 8.21. The highest BCUT2D eigenvalue weighted by molar-refractivity contribution is 7.98. The number of hydrogen-bond donors (Lipinski definition) is 1. The molecule has 0 unspecified atom stereocenters. The lowest BCUT2D eigenvalue weighted by molar-refractivity contribution is 0.0946. The lowest BCUT2D eigenvalue weighted by Gasteiger charge is -2.14. The highest BCUT2D eigenvalue weighted by Crippen LogP contribution is 2.24. The van der Waals surface area contributed by atoms with Gasteiger partial charge >= 0.3 is 0 Å². The number of rotatable bonds is 7. The molecule has 1 fully saturated rings. The number of nitrogens with zero attached hydrogens (tertiary/aromatic N) is 3. The van der Waals surface area contributed by atoms with Crippen LogP contribution in [0, 0.1) is 6.92 Å². The highest BCUT2D eigenvalue weighted by Gasteiger charge is 2.19. The Kier molecular flexibility index (Phi) is 6.88. The minimum absolute atomic E-state index is 0.163. The van der Waals surface area contributed by atoms with E-state index in [9.17, 15) is 4.79 Å². The first-order valence-electron chi connectivity index (χ1n) is 9.80. The van der Waals surface area contributed by atoms with E-state index in [1.165, 1.54) is 24.6 Å². The van der Waals surface area contributed by atoms with Crippen LogP contribution in [0.2, 0.25) is 0 Å². The summed E-state index contributed by atoms with van der Waals surface area (Å²) >= 11 is 1.47. The van der Waals surface area contributed by atoms with Gasteiger partial charge in [0.2, 0.25) is 5.88 Å². The minimum Gasteiger partial charge on any atom is -0.474 e. The molecule has 150 valence electrons. The molecule has 2 aromatic heterocycles. The first kappa shape index (κ1) is 20.6. The summed E-state index contributed by atoms with van der Waals surface area (Å²) in [4.78, 5) is 26.2. The zero-order chi connectivity index (χ0) is 20.1. The highest BCUT2D eigenvalue weighted by atomic mass is 32.2. The molecule has 0 radical (unpaired) electrons. The fourth-order valence-electron chi connectivity index (χ4n) is 3.27. The van der Waals surface area contributed by atoms with E-state index < -0.39 is 0 Å². The summed E-state index contributed by atoms with van der Waals surface area (Å²) in [5.74, 6) is 1.47. The molecule has 0 atom stereocenters. The van der Waals surface area contributed by atoms with E-state index in [2.05, 4.69) is 20.3 Å². The Bertz CT molecular complexity index is 818. The molecule has 1 aliphatic rings. The predicted molar refractivity (Wildman–Crippen MR) is 111 cm³/mol. The molecule has 0 aromatic carbocycles. The van der Waals surface area contributed by atoms with E-state index in [4.69, 9.17) is 4.74 Å². The molecule has 0 aliphatic heterocycles. The van der Waals surface area contributed by atoms with Crippen molar-refractivity contribution in [3.05, 3.63) is 41.0 Å². The van der Waals surface area contributed by atoms with E-state index in [0.717, 1.165) is 24.2 Å². The number of thioether (sulfide) groups is 1. The number of carbonyl (C=O) groups excluding carboxylic acids is 1. The molecule has 28 heavy (non-hydrogen) atoms. The van der Waals surface area contributed by atoms with Gasteiger partial charge in [-0.2, -0.15) is 0 Å². The van der Waals surface area contributed by atoms with Crippen LogP contribution in [0.3, 0.4) is 0 Å². The van der Waals surface area contributed by atoms with Crippen molar-refractivity contribution in [2.75, 3.05) is 6.26 Å². The Balaban J connectivity index is 1.63. The van der Waals surface area contributed by atoms with Crippen molar-refractivity contribution < 1.29 is 9.53 Å². The van der Waals surface area contributed by atoms with Crippen molar-refractivity contribution in [1.82, 2.24) is 20.3 Å². The fraction of sp³-hybridized carbons (Fsp3) is 0.524. The third-order valence-electron chi connectivity index (χ3n) is 4.85. The molecule has 3 rings (SSSR count). The molecular weight excluding hydrogens is 372 g/mol.